The smallest absolute Gasteiger partial charge is 0.277 e. The first-order valence-electron chi connectivity index (χ1n) is 9.61. The molecule has 7 heteroatoms. The van der Waals surface area contributed by atoms with Gasteiger partial charge < -0.3 is 14.2 Å². The summed E-state index contributed by atoms with van der Waals surface area (Å²) < 4.78 is 16.7. The van der Waals surface area contributed by atoms with Crippen LogP contribution in [0.25, 0.3) is 0 Å². The Bertz CT molecular complexity index is 1050. The molecule has 0 heterocycles. The Morgan fingerprint density at radius 2 is 1.84 bits per heavy atom. The van der Waals surface area contributed by atoms with Crippen molar-refractivity contribution in [1.29, 1.82) is 0 Å². The van der Waals surface area contributed by atoms with Crippen molar-refractivity contribution in [2.24, 2.45) is 5.10 Å². The van der Waals surface area contributed by atoms with E-state index in [1.54, 1.807) is 37.4 Å². The maximum absolute atomic E-state index is 11.9. The van der Waals surface area contributed by atoms with Crippen LogP contribution in [0.5, 0.6) is 17.2 Å². The maximum Gasteiger partial charge on any atom is 0.277 e. The van der Waals surface area contributed by atoms with Crippen LogP contribution in [0.4, 0.5) is 0 Å². The highest BCUT2D eigenvalue weighted by Crippen LogP contribution is 2.28. The zero-order chi connectivity index (χ0) is 22.1. The highest BCUT2D eigenvalue weighted by molar-refractivity contribution is 6.31. The van der Waals surface area contributed by atoms with Crippen molar-refractivity contribution < 1.29 is 19.0 Å². The number of ether oxygens (including phenoxy) is 3. The van der Waals surface area contributed by atoms with Gasteiger partial charge in [-0.2, -0.15) is 5.10 Å². The summed E-state index contributed by atoms with van der Waals surface area (Å²) in [4.78, 5) is 11.9. The van der Waals surface area contributed by atoms with Crippen molar-refractivity contribution in [3.63, 3.8) is 0 Å². The molecule has 0 radical (unpaired) electrons. The van der Waals surface area contributed by atoms with E-state index >= 15 is 0 Å². The zero-order valence-electron chi connectivity index (χ0n) is 17.3. The lowest BCUT2D eigenvalue weighted by Gasteiger charge is -2.11. The van der Waals surface area contributed by atoms with Crippen molar-refractivity contribution in [3.05, 3.63) is 88.4 Å². The van der Waals surface area contributed by atoms with Crippen LogP contribution in [-0.2, 0) is 11.4 Å². The lowest BCUT2D eigenvalue weighted by Crippen LogP contribution is -2.24. The van der Waals surface area contributed by atoms with Crippen LogP contribution in [0.1, 0.15) is 16.7 Å². The molecule has 3 aromatic rings. The molecule has 6 nitrogen and oxygen atoms in total. The number of hydrogen-bond acceptors (Lipinski definition) is 5. The summed E-state index contributed by atoms with van der Waals surface area (Å²) in [5.41, 5.74) is 5.12. The van der Waals surface area contributed by atoms with Crippen molar-refractivity contribution in [1.82, 2.24) is 5.43 Å². The van der Waals surface area contributed by atoms with Crippen molar-refractivity contribution in [3.8, 4) is 17.2 Å². The molecule has 0 atom stereocenters. The predicted molar refractivity (Wildman–Crippen MR) is 121 cm³/mol. The van der Waals surface area contributed by atoms with Gasteiger partial charge in [0.25, 0.3) is 5.91 Å². The fourth-order valence-electron chi connectivity index (χ4n) is 2.69. The average molecular weight is 439 g/mol. The molecule has 3 aromatic carbocycles. The summed E-state index contributed by atoms with van der Waals surface area (Å²) in [5, 5.41) is 4.61. The monoisotopic (exact) mass is 438 g/mol. The fraction of sp³-hybridized carbons (Fsp3) is 0.167. The molecule has 3 rings (SSSR count). The number of carbonyl (C=O) groups is 1. The molecule has 160 valence electrons. The number of nitrogens with one attached hydrogen (secondary N) is 1. The summed E-state index contributed by atoms with van der Waals surface area (Å²) in [6, 6.07) is 20.5. The quantitative estimate of drug-likeness (QED) is 0.386. The third-order valence-electron chi connectivity index (χ3n) is 4.33. The van der Waals surface area contributed by atoms with Crippen molar-refractivity contribution in [2.75, 3.05) is 13.7 Å². The molecular weight excluding hydrogens is 416 g/mol. The number of nitrogens with zero attached hydrogens (tertiary/aromatic N) is 1. The largest absolute Gasteiger partial charge is 0.493 e. The van der Waals surface area contributed by atoms with E-state index in [1.165, 1.54) is 6.21 Å². The van der Waals surface area contributed by atoms with E-state index in [4.69, 9.17) is 25.8 Å². The van der Waals surface area contributed by atoms with Crippen LogP contribution in [0.15, 0.2) is 71.8 Å². The number of hydrogen-bond donors (Lipinski definition) is 1. The number of benzene rings is 3. The molecule has 0 fully saturated rings. The van der Waals surface area contributed by atoms with Gasteiger partial charge in [0.2, 0.25) is 0 Å². The summed E-state index contributed by atoms with van der Waals surface area (Å²) in [5.74, 6) is 1.39. The number of halogens is 1. The minimum absolute atomic E-state index is 0.159. The third kappa shape index (κ3) is 6.76. The van der Waals surface area contributed by atoms with Crippen LogP contribution in [0, 0.1) is 6.92 Å². The van der Waals surface area contributed by atoms with Gasteiger partial charge in [0.15, 0.2) is 18.1 Å². The summed E-state index contributed by atoms with van der Waals surface area (Å²) in [6.07, 6.45) is 1.52. The molecule has 0 aliphatic carbocycles. The first kappa shape index (κ1) is 22.2. The van der Waals surface area contributed by atoms with Crippen molar-refractivity contribution >= 4 is 23.7 Å². The average Bonchev–Trinajstić information content (AvgIpc) is 2.79. The second-order valence-corrected chi connectivity index (χ2v) is 7.08. The molecule has 0 aliphatic heterocycles. The normalized spacial score (nSPS) is 10.7. The number of carbonyl (C=O) groups excluding carboxylic acids is 1. The molecule has 0 saturated heterocycles. The van der Waals surface area contributed by atoms with Crippen LogP contribution in [0.2, 0.25) is 5.02 Å². The molecule has 1 amide bonds. The Morgan fingerprint density at radius 3 is 2.58 bits per heavy atom. The number of methoxy groups -OCH3 is 1. The minimum Gasteiger partial charge on any atom is -0.493 e. The van der Waals surface area contributed by atoms with Gasteiger partial charge >= 0.3 is 0 Å². The van der Waals surface area contributed by atoms with Crippen LogP contribution in [-0.4, -0.2) is 25.8 Å². The molecular formula is C24H23ClN2O4. The van der Waals surface area contributed by atoms with E-state index in [2.05, 4.69) is 10.5 Å². The molecule has 0 saturated carbocycles. The Labute approximate surface area is 186 Å². The van der Waals surface area contributed by atoms with Gasteiger partial charge in [0.1, 0.15) is 12.4 Å². The fourth-order valence-corrected chi connectivity index (χ4v) is 2.80. The molecule has 0 bridgehead atoms. The predicted octanol–water partition coefficient (Wildman–Crippen LogP) is 4.77. The second kappa shape index (κ2) is 11.0. The topological polar surface area (TPSA) is 69.2 Å². The van der Waals surface area contributed by atoms with Crippen LogP contribution >= 0.6 is 11.6 Å². The number of amides is 1. The first-order valence-corrected chi connectivity index (χ1v) is 9.98. The van der Waals surface area contributed by atoms with E-state index in [0.717, 1.165) is 16.7 Å². The maximum atomic E-state index is 11.9. The van der Waals surface area contributed by atoms with Gasteiger partial charge in [-0.05, 0) is 60.0 Å². The zero-order valence-corrected chi connectivity index (χ0v) is 18.1. The summed E-state index contributed by atoms with van der Waals surface area (Å²) >= 11 is 5.98. The van der Waals surface area contributed by atoms with Gasteiger partial charge in [-0.1, -0.05) is 41.9 Å². The highest BCUT2D eigenvalue weighted by Gasteiger charge is 2.06. The Balaban J connectivity index is 1.51. The molecule has 31 heavy (non-hydrogen) atoms. The lowest BCUT2D eigenvalue weighted by atomic mass is 10.2. The number of aryl methyl sites for hydroxylation is 1. The third-order valence-corrected chi connectivity index (χ3v) is 4.75. The van der Waals surface area contributed by atoms with Gasteiger partial charge in [0, 0.05) is 5.02 Å². The van der Waals surface area contributed by atoms with Crippen molar-refractivity contribution in [2.45, 2.75) is 13.5 Å². The standard InChI is InChI=1S/C24H23ClN2O4/c1-17-12-20(9-10-21(17)25)30-16-24(28)27-26-14-19-8-11-22(23(13-19)29-2)31-15-18-6-4-3-5-7-18/h3-14H,15-16H2,1-2H3,(H,27,28)/b26-14-. The van der Waals surface area contributed by atoms with Gasteiger partial charge in [-0.3, -0.25) is 4.79 Å². The molecule has 0 aliphatic rings. The van der Waals surface area contributed by atoms with E-state index in [-0.39, 0.29) is 12.5 Å². The molecule has 0 aromatic heterocycles. The number of hydrazone groups is 1. The minimum atomic E-state index is -0.376. The Morgan fingerprint density at radius 1 is 1.03 bits per heavy atom. The van der Waals surface area contributed by atoms with E-state index in [0.29, 0.717) is 28.9 Å². The van der Waals surface area contributed by atoms with Crippen LogP contribution in [0.3, 0.4) is 0 Å². The molecule has 0 unspecified atom stereocenters. The Kier molecular flexibility index (Phi) is 7.90. The lowest BCUT2D eigenvalue weighted by molar-refractivity contribution is -0.123. The summed E-state index contributed by atoms with van der Waals surface area (Å²) in [7, 11) is 1.57. The second-order valence-electron chi connectivity index (χ2n) is 6.68. The molecule has 0 spiro atoms. The van der Waals surface area contributed by atoms with E-state index in [9.17, 15) is 4.79 Å². The van der Waals surface area contributed by atoms with E-state index < -0.39 is 0 Å². The van der Waals surface area contributed by atoms with Gasteiger partial charge in [-0.15, -0.1) is 0 Å². The van der Waals surface area contributed by atoms with Crippen LogP contribution < -0.4 is 19.6 Å². The van der Waals surface area contributed by atoms with Gasteiger partial charge in [0.05, 0.1) is 13.3 Å². The SMILES string of the molecule is COc1cc(/C=N\NC(=O)COc2ccc(Cl)c(C)c2)ccc1OCc1ccccc1. The molecule has 1 N–H and O–H groups in total. The highest BCUT2D eigenvalue weighted by atomic mass is 35.5. The van der Waals surface area contributed by atoms with E-state index in [1.807, 2.05) is 43.3 Å². The first-order chi connectivity index (χ1) is 15.0. The number of rotatable bonds is 9. The Hall–Kier alpha value is -3.51. The van der Waals surface area contributed by atoms with Gasteiger partial charge in [-0.25, -0.2) is 5.43 Å². The summed E-state index contributed by atoms with van der Waals surface area (Å²) in [6.45, 7) is 2.15.